The van der Waals surface area contributed by atoms with Crippen molar-refractivity contribution in [1.82, 2.24) is 4.90 Å². The highest BCUT2D eigenvalue weighted by Gasteiger charge is 2.34. The molecular weight excluding hydrogens is 340 g/mol. The minimum absolute atomic E-state index is 0.0149. The van der Waals surface area contributed by atoms with Crippen molar-refractivity contribution in [3.05, 3.63) is 59.7 Å². The number of nitrogens with one attached hydrogen (secondary N) is 1. The first-order valence-electron chi connectivity index (χ1n) is 9.28. The van der Waals surface area contributed by atoms with Crippen LogP contribution in [0.1, 0.15) is 37.3 Å². The van der Waals surface area contributed by atoms with Gasteiger partial charge in [0.2, 0.25) is 11.8 Å². The van der Waals surface area contributed by atoms with Gasteiger partial charge in [0, 0.05) is 25.2 Å². The van der Waals surface area contributed by atoms with Gasteiger partial charge in [0.1, 0.15) is 5.75 Å². The molecule has 2 amide bonds. The van der Waals surface area contributed by atoms with Gasteiger partial charge in [0.25, 0.3) is 0 Å². The zero-order chi connectivity index (χ0) is 19.4. The van der Waals surface area contributed by atoms with Gasteiger partial charge in [0.15, 0.2) is 0 Å². The number of ether oxygens (including phenoxy) is 1. The Hall–Kier alpha value is -2.82. The van der Waals surface area contributed by atoms with Gasteiger partial charge in [-0.1, -0.05) is 38.1 Å². The second-order valence-corrected chi connectivity index (χ2v) is 7.29. The number of likely N-dealkylation sites (tertiary alicyclic amines) is 1. The van der Waals surface area contributed by atoms with E-state index in [0.717, 1.165) is 17.0 Å². The van der Waals surface area contributed by atoms with Crippen LogP contribution in [0, 0.1) is 5.92 Å². The van der Waals surface area contributed by atoms with Crippen molar-refractivity contribution in [2.24, 2.45) is 5.92 Å². The third kappa shape index (κ3) is 4.67. The molecule has 0 unspecified atom stereocenters. The van der Waals surface area contributed by atoms with Gasteiger partial charge >= 0.3 is 0 Å². The number of carbonyl (C=O) groups is 2. The Labute approximate surface area is 160 Å². The summed E-state index contributed by atoms with van der Waals surface area (Å²) in [5, 5.41) is 2.94. The Bertz CT molecular complexity index is 797. The van der Waals surface area contributed by atoms with Gasteiger partial charge in [0.05, 0.1) is 13.0 Å². The van der Waals surface area contributed by atoms with Crippen LogP contribution in [0.15, 0.2) is 48.5 Å². The summed E-state index contributed by atoms with van der Waals surface area (Å²) in [4.78, 5) is 26.6. The molecule has 1 aliphatic rings. The highest BCUT2D eigenvalue weighted by molar-refractivity contribution is 5.97. The van der Waals surface area contributed by atoms with Crippen LogP contribution in [-0.4, -0.2) is 30.4 Å². The van der Waals surface area contributed by atoms with Crippen LogP contribution in [0.3, 0.4) is 0 Å². The zero-order valence-corrected chi connectivity index (χ0v) is 16.1. The second kappa shape index (κ2) is 8.25. The number of hydrogen-bond donors (Lipinski definition) is 1. The average molecular weight is 366 g/mol. The van der Waals surface area contributed by atoms with E-state index >= 15 is 0 Å². The quantitative estimate of drug-likeness (QED) is 0.846. The van der Waals surface area contributed by atoms with Crippen molar-refractivity contribution >= 4 is 17.5 Å². The molecule has 27 heavy (non-hydrogen) atoms. The number of nitrogens with zero attached hydrogens (tertiary/aromatic N) is 1. The van der Waals surface area contributed by atoms with Crippen molar-refractivity contribution in [3.63, 3.8) is 0 Å². The van der Waals surface area contributed by atoms with E-state index in [9.17, 15) is 9.59 Å². The van der Waals surface area contributed by atoms with E-state index in [1.54, 1.807) is 12.0 Å². The second-order valence-electron chi connectivity index (χ2n) is 7.29. The van der Waals surface area contributed by atoms with E-state index in [0.29, 0.717) is 19.0 Å². The van der Waals surface area contributed by atoms with Gasteiger partial charge in [-0.25, -0.2) is 0 Å². The molecule has 1 N–H and O–H groups in total. The Balaban J connectivity index is 1.57. The highest BCUT2D eigenvalue weighted by Crippen LogP contribution is 2.23. The van der Waals surface area contributed by atoms with Gasteiger partial charge in [-0.05, 0) is 41.3 Å². The van der Waals surface area contributed by atoms with E-state index in [1.807, 2.05) is 48.5 Å². The van der Waals surface area contributed by atoms with Crippen molar-refractivity contribution in [2.45, 2.75) is 32.7 Å². The fourth-order valence-electron chi connectivity index (χ4n) is 3.25. The molecule has 2 aromatic rings. The van der Waals surface area contributed by atoms with Crippen molar-refractivity contribution in [3.8, 4) is 5.75 Å². The first-order valence-corrected chi connectivity index (χ1v) is 9.28. The summed E-state index contributed by atoms with van der Waals surface area (Å²) in [6.45, 7) is 5.22. The van der Waals surface area contributed by atoms with E-state index in [1.165, 1.54) is 5.56 Å². The van der Waals surface area contributed by atoms with E-state index in [4.69, 9.17) is 4.74 Å². The van der Waals surface area contributed by atoms with E-state index < -0.39 is 0 Å². The Morgan fingerprint density at radius 3 is 2.41 bits per heavy atom. The van der Waals surface area contributed by atoms with E-state index in [2.05, 4.69) is 19.2 Å². The molecule has 0 radical (unpaired) electrons. The molecule has 142 valence electrons. The summed E-state index contributed by atoms with van der Waals surface area (Å²) in [5.41, 5.74) is 3.02. The molecule has 0 spiro atoms. The van der Waals surface area contributed by atoms with Crippen molar-refractivity contribution in [2.75, 3.05) is 19.0 Å². The molecule has 1 heterocycles. The van der Waals surface area contributed by atoms with Crippen LogP contribution in [0.2, 0.25) is 0 Å². The number of hydrogen-bond acceptors (Lipinski definition) is 3. The number of benzene rings is 2. The zero-order valence-electron chi connectivity index (χ0n) is 16.1. The van der Waals surface area contributed by atoms with Crippen LogP contribution in [0.4, 0.5) is 5.69 Å². The molecule has 1 aliphatic heterocycles. The molecule has 5 nitrogen and oxygen atoms in total. The first kappa shape index (κ1) is 19.0. The SMILES string of the molecule is COc1ccc(CN2C[C@@H](C(=O)Nc3ccc(C(C)C)cc3)CC2=O)cc1. The van der Waals surface area contributed by atoms with Crippen LogP contribution >= 0.6 is 0 Å². The molecule has 1 saturated heterocycles. The maximum Gasteiger partial charge on any atom is 0.229 e. The average Bonchev–Trinajstić information content (AvgIpc) is 3.03. The number of methoxy groups -OCH3 is 1. The third-order valence-corrected chi connectivity index (χ3v) is 4.96. The minimum Gasteiger partial charge on any atom is -0.497 e. The maximum absolute atomic E-state index is 12.6. The molecule has 3 rings (SSSR count). The normalized spacial score (nSPS) is 16.7. The largest absolute Gasteiger partial charge is 0.497 e. The summed E-state index contributed by atoms with van der Waals surface area (Å²) in [5.74, 6) is 0.834. The summed E-state index contributed by atoms with van der Waals surface area (Å²) in [7, 11) is 1.62. The number of amides is 2. The molecule has 0 aliphatic carbocycles. The summed E-state index contributed by atoms with van der Waals surface area (Å²) in [6, 6.07) is 15.5. The molecule has 0 saturated carbocycles. The molecule has 1 fully saturated rings. The van der Waals surface area contributed by atoms with Gasteiger partial charge < -0.3 is 15.0 Å². The highest BCUT2D eigenvalue weighted by atomic mass is 16.5. The molecule has 0 aromatic heterocycles. The summed E-state index contributed by atoms with van der Waals surface area (Å²) in [6.07, 6.45) is 0.256. The van der Waals surface area contributed by atoms with E-state index in [-0.39, 0.29) is 24.2 Å². The molecular formula is C22H26N2O3. The predicted octanol–water partition coefficient (Wildman–Crippen LogP) is 3.81. The fraction of sp³-hybridized carbons (Fsp3) is 0.364. The van der Waals surface area contributed by atoms with Crippen LogP contribution in [0.25, 0.3) is 0 Å². The standard InChI is InChI=1S/C22H26N2O3/c1-15(2)17-6-8-19(9-7-17)23-22(26)18-12-21(25)24(14-18)13-16-4-10-20(27-3)11-5-16/h4-11,15,18H,12-14H2,1-3H3,(H,23,26)/t18-/m0/s1. The maximum atomic E-state index is 12.6. The predicted molar refractivity (Wildman–Crippen MR) is 106 cm³/mol. The fourth-order valence-corrected chi connectivity index (χ4v) is 3.25. The molecule has 0 bridgehead atoms. The summed E-state index contributed by atoms with van der Waals surface area (Å²) >= 11 is 0. The smallest absolute Gasteiger partial charge is 0.229 e. The first-order chi connectivity index (χ1) is 13.0. The molecule has 5 heteroatoms. The van der Waals surface area contributed by atoms with Gasteiger partial charge in [-0.15, -0.1) is 0 Å². The van der Waals surface area contributed by atoms with Crippen LogP contribution in [0.5, 0.6) is 5.75 Å². The van der Waals surface area contributed by atoms with Crippen LogP contribution < -0.4 is 10.1 Å². The topological polar surface area (TPSA) is 58.6 Å². The third-order valence-electron chi connectivity index (χ3n) is 4.96. The van der Waals surface area contributed by atoms with Gasteiger partial charge in [-0.2, -0.15) is 0 Å². The lowest BCUT2D eigenvalue weighted by molar-refractivity contribution is -0.128. The monoisotopic (exact) mass is 366 g/mol. The Kier molecular flexibility index (Phi) is 5.79. The van der Waals surface area contributed by atoms with Gasteiger partial charge in [-0.3, -0.25) is 9.59 Å². The molecule has 2 aromatic carbocycles. The van der Waals surface area contributed by atoms with Crippen molar-refractivity contribution < 1.29 is 14.3 Å². The van der Waals surface area contributed by atoms with Crippen LogP contribution in [-0.2, 0) is 16.1 Å². The Morgan fingerprint density at radius 1 is 1.15 bits per heavy atom. The lowest BCUT2D eigenvalue weighted by atomic mass is 10.0. The lowest BCUT2D eigenvalue weighted by Gasteiger charge is -2.17. The Morgan fingerprint density at radius 2 is 1.81 bits per heavy atom. The summed E-state index contributed by atoms with van der Waals surface area (Å²) < 4.78 is 5.15. The number of anilines is 1. The lowest BCUT2D eigenvalue weighted by Crippen LogP contribution is -2.28. The minimum atomic E-state index is -0.319. The number of rotatable bonds is 6. The molecule has 1 atom stereocenters. The van der Waals surface area contributed by atoms with Crippen molar-refractivity contribution in [1.29, 1.82) is 0 Å². The number of carbonyl (C=O) groups excluding carboxylic acids is 2.